The lowest BCUT2D eigenvalue weighted by Crippen LogP contribution is -2.35. The van der Waals surface area contributed by atoms with Gasteiger partial charge in [-0.05, 0) is 39.5 Å². The molecule has 1 aliphatic rings. The summed E-state index contributed by atoms with van der Waals surface area (Å²) >= 11 is 0. The average Bonchev–Trinajstić information content (AvgIpc) is 3.25. The SMILES string of the molecule is CN(CCOCC1CC1)c1cncc(CNC(C)(C)C)n1. The van der Waals surface area contributed by atoms with Crippen LogP contribution in [-0.4, -0.2) is 42.3 Å². The first-order chi connectivity index (χ1) is 9.94. The third-order valence-electron chi connectivity index (χ3n) is 3.48. The minimum absolute atomic E-state index is 0.0836. The van der Waals surface area contributed by atoms with Gasteiger partial charge in [-0.3, -0.25) is 4.98 Å². The molecule has 2 rings (SSSR count). The predicted molar refractivity (Wildman–Crippen MR) is 85.4 cm³/mol. The topological polar surface area (TPSA) is 50.3 Å². The van der Waals surface area contributed by atoms with E-state index in [2.05, 4.69) is 41.0 Å². The van der Waals surface area contributed by atoms with Crippen LogP contribution in [0.3, 0.4) is 0 Å². The van der Waals surface area contributed by atoms with E-state index in [1.54, 1.807) is 0 Å². The van der Waals surface area contributed by atoms with E-state index in [0.717, 1.165) is 43.7 Å². The Labute approximate surface area is 128 Å². The zero-order valence-electron chi connectivity index (χ0n) is 13.7. The molecular formula is C16H28N4O. The summed E-state index contributed by atoms with van der Waals surface area (Å²) in [7, 11) is 2.03. The van der Waals surface area contributed by atoms with E-state index in [-0.39, 0.29) is 5.54 Å². The van der Waals surface area contributed by atoms with Crippen LogP contribution in [0.4, 0.5) is 5.82 Å². The fraction of sp³-hybridized carbons (Fsp3) is 0.750. The highest BCUT2D eigenvalue weighted by atomic mass is 16.5. The van der Waals surface area contributed by atoms with Crippen LogP contribution in [0.25, 0.3) is 0 Å². The van der Waals surface area contributed by atoms with Crippen LogP contribution in [0.5, 0.6) is 0 Å². The molecule has 118 valence electrons. The zero-order chi connectivity index (χ0) is 15.3. The molecule has 1 aliphatic carbocycles. The van der Waals surface area contributed by atoms with Gasteiger partial charge in [-0.25, -0.2) is 4.98 Å². The van der Waals surface area contributed by atoms with Crippen LogP contribution >= 0.6 is 0 Å². The Morgan fingerprint density at radius 2 is 2.10 bits per heavy atom. The van der Waals surface area contributed by atoms with Gasteiger partial charge in [0.05, 0.1) is 18.5 Å². The maximum absolute atomic E-state index is 5.67. The first kappa shape index (κ1) is 16.2. The van der Waals surface area contributed by atoms with E-state index in [4.69, 9.17) is 4.74 Å². The van der Waals surface area contributed by atoms with E-state index in [0.29, 0.717) is 0 Å². The standard InChI is InChI=1S/C16H28N4O/c1-16(2,3)18-10-14-9-17-11-15(19-14)20(4)7-8-21-12-13-5-6-13/h9,11,13,18H,5-8,10,12H2,1-4H3. The first-order valence-corrected chi connectivity index (χ1v) is 7.79. The Balaban J connectivity index is 1.77. The Morgan fingerprint density at radius 3 is 2.76 bits per heavy atom. The molecule has 0 bridgehead atoms. The molecule has 0 aromatic carbocycles. The van der Waals surface area contributed by atoms with Crippen LogP contribution < -0.4 is 10.2 Å². The lowest BCUT2D eigenvalue weighted by atomic mass is 10.1. The van der Waals surface area contributed by atoms with E-state index < -0.39 is 0 Å². The third-order valence-corrected chi connectivity index (χ3v) is 3.48. The molecule has 1 fully saturated rings. The number of nitrogens with one attached hydrogen (secondary N) is 1. The lowest BCUT2D eigenvalue weighted by Gasteiger charge is -2.21. The molecule has 0 spiro atoms. The van der Waals surface area contributed by atoms with Crippen molar-refractivity contribution in [3.8, 4) is 0 Å². The molecule has 0 atom stereocenters. The molecule has 5 heteroatoms. The van der Waals surface area contributed by atoms with Crippen LogP contribution in [0.15, 0.2) is 12.4 Å². The number of likely N-dealkylation sites (N-methyl/N-ethyl adjacent to an activating group) is 1. The highest BCUT2D eigenvalue weighted by Gasteiger charge is 2.21. The van der Waals surface area contributed by atoms with Gasteiger partial charge in [0.25, 0.3) is 0 Å². The largest absolute Gasteiger partial charge is 0.379 e. The number of rotatable bonds is 8. The number of hydrogen-bond donors (Lipinski definition) is 1. The summed E-state index contributed by atoms with van der Waals surface area (Å²) in [4.78, 5) is 11.0. The fourth-order valence-corrected chi connectivity index (χ4v) is 1.87. The second-order valence-electron chi connectivity index (χ2n) is 6.91. The minimum atomic E-state index is 0.0836. The van der Waals surface area contributed by atoms with E-state index in [1.165, 1.54) is 12.8 Å². The van der Waals surface area contributed by atoms with Crippen molar-refractivity contribution in [2.45, 2.75) is 45.7 Å². The summed E-state index contributed by atoms with van der Waals surface area (Å²) in [5.41, 5.74) is 1.05. The van der Waals surface area contributed by atoms with Gasteiger partial charge in [-0.2, -0.15) is 0 Å². The van der Waals surface area contributed by atoms with Crippen molar-refractivity contribution >= 4 is 5.82 Å². The maximum Gasteiger partial charge on any atom is 0.147 e. The van der Waals surface area contributed by atoms with Gasteiger partial charge >= 0.3 is 0 Å². The number of nitrogens with zero attached hydrogens (tertiary/aromatic N) is 3. The molecular weight excluding hydrogens is 264 g/mol. The molecule has 1 aromatic rings. The molecule has 5 nitrogen and oxygen atoms in total. The van der Waals surface area contributed by atoms with Gasteiger partial charge in [0.1, 0.15) is 5.82 Å². The van der Waals surface area contributed by atoms with Crippen molar-refractivity contribution in [3.63, 3.8) is 0 Å². The molecule has 1 aromatic heterocycles. The Morgan fingerprint density at radius 1 is 1.33 bits per heavy atom. The summed E-state index contributed by atoms with van der Waals surface area (Å²) in [5, 5.41) is 3.43. The Hall–Kier alpha value is -1.20. The monoisotopic (exact) mass is 292 g/mol. The fourth-order valence-electron chi connectivity index (χ4n) is 1.87. The predicted octanol–water partition coefficient (Wildman–Crippen LogP) is 2.23. The average molecular weight is 292 g/mol. The molecule has 0 radical (unpaired) electrons. The van der Waals surface area contributed by atoms with Crippen molar-refractivity contribution < 1.29 is 4.74 Å². The molecule has 0 aliphatic heterocycles. The van der Waals surface area contributed by atoms with E-state index >= 15 is 0 Å². The molecule has 1 heterocycles. The van der Waals surface area contributed by atoms with Gasteiger partial charge in [0.2, 0.25) is 0 Å². The van der Waals surface area contributed by atoms with Gasteiger partial charge in [0.15, 0.2) is 0 Å². The van der Waals surface area contributed by atoms with Crippen LogP contribution in [0, 0.1) is 5.92 Å². The summed E-state index contributed by atoms with van der Waals surface area (Å²) in [6.07, 6.45) is 6.30. The van der Waals surface area contributed by atoms with Gasteiger partial charge in [-0.1, -0.05) is 0 Å². The van der Waals surface area contributed by atoms with Gasteiger partial charge in [0, 0.05) is 38.5 Å². The zero-order valence-corrected chi connectivity index (χ0v) is 13.7. The quantitative estimate of drug-likeness (QED) is 0.745. The van der Waals surface area contributed by atoms with Crippen molar-refractivity contribution in [1.29, 1.82) is 0 Å². The number of ether oxygens (including phenoxy) is 1. The summed E-state index contributed by atoms with van der Waals surface area (Å²) in [6.45, 7) is 9.68. The lowest BCUT2D eigenvalue weighted by molar-refractivity contribution is 0.130. The Bertz CT molecular complexity index is 440. The normalized spacial score (nSPS) is 15.2. The van der Waals surface area contributed by atoms with Gasteiger partial charge in [-0.15, -0.1) is 0 Å². The molecule has 0 unspecified atom stereocenters. The molecule has 1 saturated carbocycles. The highest BCUT2D eigenvalue weighted by Crippen LogP contribution is 2.28. The van der Waals surface area contributed by atoms with Crippen molar-refractivity contribution in [3.05, 3.63) is 18.1 Å². The summed E-state index contributed by atoms with van der Waals surface area (Å²) in [6, 6.07) is 0. The van der Waals surface area contributed by atoms with Crippen LogP contribution in [-0.2, 0) is 11.3 Å². The van der Waals surface area contributed by atoms with Crippen LogP contribution in [0.2, 0.25) is 0 Å². The molecule has 0 amide bonds. The maximum atomic E-state index is 5.67. The smallest absolute Gasteiger partial charge is 0.147 e. The number of anilines is 1. The number of hydrogen-bond acceptors (Lipinski definition) is 5. The summed E-state index contributed by atoms with van der Waals surface area (Å²) < 4.78 is 5.67. The summed E-state index contributed by atoms with van der Waals surface area (Å²) in [5.74, 6) is 1.72. The van der Waals surface area contributed by atoms with Crippen molar-refractivity contribution in [2.75, 3.05) is 31.7 Å². The molecule has 21 heavy (non-hydrogen) atoms. The van der Waals surface area contributed by atoms with E-state index in [9.17, 15) is 0 Å². The molecule has 1 N–H and O–H groups in total. The van der Waals surface area contributed by atoms with Crippen LogP contribution in [0.1, 0.15) is 39.3 Å². The van der Waals surface area contributed by atoms with Crippen molar-refractivity contribution in [1.82, 2.24) is 15.3 Å². The highest BCUT2D eigenvalue weighted by molar-refractivity contribution is 5.34. The number of aromatic nitrogens is 2. The third kappa shape index (κ3) is 6.40. The first-order valence-electron chi connectivity index (χ1n) is 7.79. The second-order valence-corrected chi connectivity index (χ2v) is 6.91. The Kier molecular flexibility index (Phi) is 5.53. The van der Waals surface area contributed by atoms with Gasteiger partial charge < -0.3 is 15.0 Å². The molecule has 0 saturated heterocycles. The minimum Gasteiger partial charge on any atom is -0.379 e. The van der Waals surface area contributed by atoms with E-state index in [1.807, 2.05) is 19.4 Å². The van der Waals surface area contributed by atoms with Crippen molar-refractivity contribution in [2.24, 2.45) is 5.92 Å². The second kappa shape index (κ2) is 7.18.